The van der Waals surface area contributed by atoms with Gasteiger partial charge in [-0.05, 0) is 31.0 Å². The van der Waals surface area contributed by atoms with E-state index in [9.17, 15) is 0 Å². The lowest BCUT2D eigenvalue weighted by atomic mass is 9.84. The maximum atomic E-state index is 5.04. The minimum absolute atomic E-state index is 0.623. The average molecular weight is 184 g/mol. The van der Waals surface area contributed by atoms with Gasteiger partial charge in [0.2, 0.25) is 0 Å². The fraction of sp³-hybridized carbons (Fsp3) is 0.889. The first kappa shape index (κ1) is 8.30. The quantitative estimate of drug-likeness (QED) is 0.603. The molecule has 1 heterocycles. The van der Waals surface area contributed by atoms with Crippen LogP contribution in [0.2, 0.25) is 0 Å². The monoisotopic (exact) mass is 184 g/mol. The largest absolute Gasteiger partial charge is 0.361 e. The van der Waals surface area contributed by atoms with E-state index in [0.29, 0.717) is 6.04 Å². The minimum Gasteiger partial charge on any atom is -0.361 e. The summed E-state index contributed by atoms with van der Waals surface area (Å²) in [6.07, 6.45) is 7.04. The van der Waals surface area contributed by atoms with Crippen LogP contribution in [0.25, 0.3) is 0 Å². The Labute approximate surface area is 79.1 Å². The van der Waals surface area contributed by atoms with E-state index in [2.05, 4.69) is 10.6 Å². The maximum absolute atomic E-state index is 5.04. The molecule has 0 aromatic heterocycles. The van der Waals surface area contributed by atoms with Crippen LogP contribution in [-0.2, 0) is 0 Å². The number of nitrogens with one attached hydrogen (secondary N) is 2. The summed E-state index contributed by atoms with van der Waals surface area (Å²) >= 11 is 5.04. The molecular formula is C9H16N2S. The fourth-order valence-corrected chi connectivity index (χ4v) is 2.53. The third-order valence-electron chi connectivity index (χ3n) is 3.02. The van der Waals surface area contributed by atoms with Gasteiger partial charge in [0.05, 0.1) is 0 Å². The summed E-state index contributed by atoms with van der Waals surface area (Å²) in [6.45, 7) is 1.05. The molecule has 0 bridgehead atoms. The van der Waals surface area contributed by atoms with Crippen LogP contribution in [0.4, 0.5) is 0 Å². The van der Waals surface area contributed by atoms with Gasteiger partial charge in [0.1, 0.15) is 0 Å². The van der Waals surface area contributed by atoms with Gasteiger partial charge < -0.3 is 10.6 Å². The van der Waals surface area contributed by atoms with Gasteiger partial charge in [-0.25, -0.2) is 0 Å². The molecule has 0 radical (unpaired) electrons. The molecule has 0 amide bonds. The van der Waals surface area contributed by atoms with Crippen LogP contribution in [-0.4, -0.2) is 17.7 Å². The van der Waals surface area contributed by atoms with E-state index in [1.54, 1.807) is 0 Å². The van der Waals surface area contributed by atoms with Crippen molar-refractivity contribution < 1.29 is 0 Å². The van der Waals surface area contributed by atoms with Crippen molar-refractivity contribution in [1.29, 1.82) is 0 Å². The minimum atomic E-state index is 0.623. The molecule has 1 unspecified atom stereocenters. The van der Waals surface area contributed by atoms with Gasteiger partial charge in [0, 0.05) is 12.6 Å². The lowest BCUT2D eigenvalue weighted by Crippen LogP contribution is -2.35. The lowest BCUT2D eigenvalue weighted by Gasteiger charge is -2.26. The second-order valence-corrected chi connectivity index (χ2v) is 4.27. The average Bonchev–Trinajstić information content (AvgIpc) is 2.54. The van der Waals surface area contributed by atoms with Crippen LogP contribution >= 0.6 is 12.2 Å². The molecule has 0 aromatic carbocycles. The molecule has 1 saturated heterocycles. The molecule has 0 aromatic rings. The van der Waals surface area contributed by atoms with Gasteiger partial charge in [-0.15, -0.1) is 0 Å². The molecule has 2 rings (SSSR count). The summed E-state index contributed by atoms with van der Waals surface area (Å²) < 4.78 is 0. The van der Waals surface area contributed by atoms with E-state index in [1.165, 1.54) is 32.1 Å². The van der Waals surface area contributed by atoms with E-state index >= 15 is 0 Å². The van der Waals surface area contributed by atoms with E-state index < -0.39 is 0 Å². The van der Waals surface area contributed by atoms with Crippen LogP contribution in [0.1, 0.15) is 32.1 Å². The second-order valence-electron chi connectivity index (χ2n) is 3.86. The van der Waals surface area contributed by atoms with E-state index in [4.69, 9.17) is 12.2 Å². The highest BCUT2D eigenvalue weighted by Crippen LogP contribution is 2.26. The molecule has 68 valence electrons. The summed E-state index contributed by atoms with van der Waals surface area (Å²) in [4.78, 5) is 0. The predicted octanol–water partition coefficient (Wildman–Crippen LogP) is 1.41. The van der Waals surface area contributed by atoms with Crippen LogP contribution in [0.5, 0.6) is 0 Å². The van der Waals surface area contributed by atoms with Gasteiger partial charge in [0.15, 0.2) is 5.11 Å². The smallest absolute Gasteiger partial charge is 0.166 e. The number of hydrogen-bond donors (Lipinski definition) is 2. The summed E-state index contributed by atoms with van der Waals surface area (Å²) in [7, 11) is 0. The zero-order chi connectivity index (χ0) is 8.39. The third kappa shape index (κ3) is 1.71. The summed E-state index contributed by atoms with van der Waals surface area (Å²) in [5.41, 5.74) is 0. The van der Waals surface area contributed by atoms with Crippen molar-refractivity contribution in [3.63, 3.8) is 0 Å². The first-order valence-electron chi connectivity index (χ1n) is 4.90. The molecule has 1 saturated carbocycles. The molecule has 12 heavy (non-hydrogen) atoms. The first-order chi connectivity index (χ1) is 5.86. The Morgan fingerprint density at radius 2 is 1.92 bits per heavy atom. The van der Waals surface area contributed by atoms with Gasteiger partial charge in [-0.1, -0.05) is 19.3 Å². The molecule has 2 nitrogen and oxygen atoms in total. The summed E-state index contributed by atoms with van der Waals surface area (Å²) in [5.74, 6) is 0.867. The van der Waals surface area contributed by atoms with Crippen LogP contribution < -0.4 is 10.6 Å². The molecule has 1 atom stereocenters. The molecule has 3 heteroatoms. The zero-order valence-electron chi connectivity index (χ0n) is 7.31. The molecule has 2 N–H and O–H groups in total. The highest BCUT2D eigenvalue weighted by atomic mass is 32.1. The maximum Gasteiger partial charge on any atom is 0.166 e. The second kappa shape index (κ2) is 3.60. The van der Waals surface area contributed by atoms with Crippen molar-refractivity contribution in [3.8, 4) is 0 Å². The Morgan fingerprint density at radius 1 is 1.17 bits per heavy atom. The predicted molar refractivity (Wildman–Crippen MR) is 54.1 cm³/mol. The topological polar surface area (TPSA) is 24.1 Å². The van der Waals surface area contributed by atoms with Crippen molar-refractivity contribution >= 4 is 17.3 Å². The molecule has 2 fully saturated rings. The van der Waals surface area contributed by atoms with Gasteiger partial charge in [-0.2, -0.15) is 0 Å². The standard InChI is InChI=1S/C9H16N2S/c12-9-10-6-8(11-9)7-4-2-1-3-5-7/h7-8H,1-6H2,(H2,10,11,12). The molecule has 1 aliphatic heterocycles. The first-order valence-corrected chi connectivity index (χ1v) is 5.31. The number of hydrogen-bond acceptors (Lipinski definition) is 1. The van der Waals surface area contributed by atoms with Crippen molar-refractivity contribution in [2.24, 2.45) is 5.92 Å². The van der Waals surface area contributed by atoms with Crippen LogP contribution in [0, 0.1) is 5.92 Å². The van der Waals surface area contributed by atoms with Crippen molar-refractivity contribution in [3.05, 3.63) is 0 Å². The Balaban J connectivity index is 1.86. The van der Waals surface area contributed by atoms with Gasteiger partial charge >= 0.3 is 0 Å². The highest BCUT2D eigenvalue weighted by molar-refractivity contribution is 7.80. The van der Waals surface area contributed by atoms with E-state index in [-0.39, 0.29) is 0 Å². The van der Waals surface area contributed by atoms with Gasteiger partial charge in [0.25, 0.3) is 0 Å². The van der Waals surface area contributed by atoms with E-state index in [1.807, 2.05) is 0 Å². The molecule has 2 aliphatic rings. The Bertz CT molecular complexity index is 175. The Hall–Kier alpha value is -0.310. The molecule has 1 aliphatic carbocycles. The van der Waals surface area contributed by atoms with Crippen LogP contribution in [0.3, 0.4) is 0 Å². The lowest BCUT2D eigenvalue weighted by molar-refractivity contribution is 0.301. The highest BCUT2D eigenvalue weighted by Gasteiger charge is 2.27. The van der Waals surface area contributed by atoms with Crippen molar-refractivity contribution in [2.45, 2.75) is 38.1 Å². The summed E-state index contributed by atoms with van der Waals surface area (Å²) in [5, 5.41) is 7.38. The SMILES string of the molecule is S=C1NCC(C2CCCCC2)N1. The normalized spacial score (nSPS) is 31.3. The summed E-state index contributed by atoms with van der Waals surface area (Å²) in [6, 6.07) is 0.623. The van der Waals surface area contributed by atoms with Crippen LogP contribution in [0.15, 0.2) is 0 Å². The van der Waals surface area contributed by atoms with Gasteiger partial charge in [-0.3, -0.25) is 0 Å². The fourth-order valence-electron chi connectivity index (χ4n) is 2.29. The number of rotatable bonds is 1. The third-order valence-corrected chi connectivity index (χ3v) is 3.28. The molecule has 0 spiro atoms. The zero-order valence-corrected chi connectivity index (χ0v) is 8.12. The number of thiocarbonyl (C=S) groups is 1. The van der Waals surface area contributed by atoms with Crippen molar-refractivity contribution in [1.82, 2.24) is 10.6 Å². The molecular weight excluding hydrogens is 168 g/mol. The Morgan fingerprint density at radius 3 is 2.50 bits per heavy atom. The van der Waals surface area contributed by atoms with Crippen molar-refractivity contribution in [2.75, 3.05) is 6.54 Å². The Kier molecular flexibility index (Phi) is 2.49. The van der Waals surface area contributed by atoms with E-state index in [0.717, 1.165) is 17.6 Å².